The van der Waals surface area contributed by atoms with E-state index in [1.807, 2.05) is 5.32 Å². The lowest BCUT2D eigenvalue weighted by Gasteiger charge is -2.15. The zero-order valence-electron chi connectivity index (χ0n) is 14.8. The van der Waals surface area contributed by atoms with Crippen molar-refractivity contribution in [1.82, 2.24) is 10.2 Å². The lowest BCUT2D eigenvalue weighted by molar-refractivity contribution is -0.141. The Bertz CT molecular complexity index is 1070. The Morgan fingerprint density at radius 2 is 1.52 bits per heavy atom. The summed E-state index contributed by atoms with van der Waals surface area (Å²) in [5.41, 5.74) is -6.30. The van der Waals surface area contributed by atoms with Crippen LogP contribution < -0.4 is 10.1 Å². The minimum absolute atomic E-state index is 0.554. The van der Waals surface area contributed by atoms with E-state index < -0.39 is 64.0 Å². The number of aromatic amines is 1. The van der Waals surface area contributed by atoms with Gasteiger partial charge in [-0.3, -0.25) is 10.4 Å². The number of para-hydroxylation sites is 2. The minimum Gasteiger partial charge on any atom is -0.404 e. The van der Waals surface area contributed by atoms with Gasteiger partial charge in [-0.05, 0) is 18.2 Å². The molecule has 1 aromatic heterocycles. The second-order valence-corrected chi connectivity index (χ2v) is 5.93. The average Bonchev–Trinajstić information content (AvgIpc) is 3.11. The number of amides is 1. The third-order valence-electron chi connectivity index (χ3n) is 3.87. The topological polar surface area (TPSA) is 67.0 Å². The zero-order valence-corrected chi connectivity index (χ0v) is 14.8. The number of aromatic nitrogens is 2. The van der Waals surface area contributed by atoms with Crippen LogP contribution in [0.1, 0.15) is 11.4 Å². The van der Waals surface area contributed by atoms with Crippen molar-refractivity contribution in [3.05, 3.63) is 65.5 Å². The summed E-state index contributed by atoms with van der Waals surface area (Å²) in [6.45, 7) is 0. The molecule has 1 heterocycles. The fourth-order valence-corrected chi connectivity index (χ4v) is 2.63. The molecule has 0 aliphatic rings. The quantitative estimate of drug-likeness (QED) is 0.480. The largest absolute Gasteiger partial charge is 0.435 e. The predicted molar refractivity (Wildman–Crippen MR) is 90.0 cm³/mol. The molecule has 13 heteroatoms. The summed E-state index contributed by atoms with van der Waals surface area (Å²) in [5.74, 6) is -3.61. The molecule has 0 radical (unpaired) electrons. The third-order valence-corrected chi connectivity index (χ3v) is 3.87. The van der Waals surface area contributed by atoms with Gasteiger partial charge in [0.15, 0.2) is 17.3 Å². The molecule has 3 rings (SSSR count). The van der Waals surface area contributed by atoms with Gasteiger partial charge in [0.05, 0.1) is 5.69 Å². The molecule has 0 aliphatic carbocycles. The molecule has 0 fully saturated rings. The monoisotopic (exact) mass is 451 g/mol. The minimum atomic E-state index is -5.26. The number of alkyl halides is 6. The second-order valence-electron chi connectivity index (χ2n) is 5.93. The molecule has 5 nitrogen and oxygen atoms in total. The Balaban J connectivity index is 2.04. The summed E-state index contributed by atoms with van der Waals surface area (Å²) >= 11 is 0. The fraction of sp³-hybridized carbons (Fsp3) is 0.111. The second kappa shape index (κ2) is 7.89. The van der Waals surface area contributed by atoms with Gasteiger partial charge in [-0.2, -0.15) is 31.4 Å². The molecule has 0 saturated carbocycles. The predicted octanol–water partition coefficient (Wildman–Crippen LogP) is 6.00. The van der Waals surface area contributed by atoms with E-state index in [0.29, 0.717) is 0 Å². The number of H-pyrrole nitrogens is 1. The van der Waals surface area contributed by atoms with Crippen molar-refractivity contribution in [1.29, 1.82) is 0 Å². The summed E-state index contributed by atoms with van der Waals surface area (Å²) < 4.78 is 111. The molecule has 3 aromatic rings. The zero-order chi connectivity index (χ0) is 23.0. The lowest BCUT2D eigenvalue weighted by atomic mass is 10.00. The molecule has 0 saturated heterocycles. The van der Waals surface area contributed by atoms with Crippen LogP contribution in [-0.4, -0.2) is 16.3 Å². The van der Waals surface area contributed by atoms with Crippen molar-refractivity contribution in [2.24, 2.45) is 0 Å². The van der Waals surface area contributed by atoms with Crippen LogP contribution in [0.25, 0.3) is 11.1 Å². The summed E-state index contributed by atoms with van der Waals surface area (Å²) in [7, 11) is 0. The van der Waals surface area contributed by atoms with Crippen LogP contribution in [0.2, 0.25) is 0 Å². The van der Waals surface area contributed by atoms with E-state index in [1.54, 1.807) is 0 Å². The highest BCUT2D eigenvalue weighted by atomic mass is 19.4. The number of nitrogens with zero attached hydrogens (tertiary/aromatic N) is 1. The van der Waals surface area contributed by atoms with E-state index in [-0.39, 0.29) is 0 Å². The molecule has 1 amide bonds. The summed E-state index contributed by atoms with van der Waals surface area (Å²) in [4.78, 5) is 12.0. The summed E-state index contributed by atoms with van der Waals surface area (Å²) in [6.07, 6.45) is -12.1. The number of carbonyl (C=O) groups is 1. The first-order chi connectivity index (χ1) is 14.4. The lowest BCUT2D eigenvalue weighted by Crippen LogP contribution is -2.19. The van der Waals surface area contributed by atoms with Crippen molar-refractivity contribution in [3.63, 3.8) is 0 Å². The number of rotatable bonds is 3. The summed E-state index contributed by atoms with van der Waals surface area (Å²) in [6, 6.07) is 6.70. The van der Waals surface area contributed by atoms with Crippen LogP contribution in [0, 0.1) is 11.6 Å². The molecule has 0 unspecified atom stereocenters. The fourth-order valence-electron chi connectivity index (χ4n) is 2.63. The van der Waals surface area contributed by atoms with Crippen molar-refractivity contribution in [2.45, 2.75) is 12.4 Å². The third kappa shape index (κ3) is 4.59. The number of ether oxygens (including phenoxy) is 1. The van der Waals surface area contributed by atoms with Gasteiger partial charge in [0.2, 0.25) is 5.75 Å². The van der Waals surface area contributed by atoms with Crippen LogP contribution >= 0.6 is 0 Å². The number of hydrogen-bond donors (Lipinski definition) is 2. The summed E-state index contributed by atoms with van der Waals surface area (Å²) in [5, 5.41) is 5.93. The number of benzene rings is 2. The normalized spacial score (nSPS) is 12.0. The van der Waals surface area contributed by atoms with Crippen molar-refractivity contribution >= 4 is 11.8 Å². The van der Waals surface area contributed by atoms with E-state index in [9.17, 15) is 39.9 Å². The molecule has 0 atom stereocenters. The highest BCUT2D eigenvalue weighted by Gasteiger charge is 2.45. The number of nitrogens with one attached hydrogen (secondary N) is 2. The van der Waals surface area contributed by atoms with Gasteiger partial charge in [-0.25, -0.2) is 13.6 Å². The van der Waals surface area contributed by atoms with Gasteiger partial charge in [0.1, 0.15) is 5.69 Å². The average molecular weight is 451 g/mol. The van der Waals surface area contributed by atoms with Gasteiger partial charge in [-0.15, -0.1) is 0 Å². The van der Waals surface area contributed by atoms with Crippen LogP contribution in [0.5, 0.6) is 5.75 Å². The Labute approximate surface area is 167 Å². The first kappa shape index (κ1) is 22.1. The molecule has 0 aliphatic heterocycles. The van der Waals surface area contributed by atoms with Gasteiger partial charge in [0, 0.05) is 11.1 Å². The van der Waals surface area contributed by atoms with Crippen molar-refractivity contribution in [2.75, 3.05) is 5.32 Å². The van der Waals surface area contributed by atoms with Crippen LogP contribution in [-0.2, 0) is 12.4 Å². The van der Waals surface area contributed by atoms with Crippen LogP contribution in [0.4, 0.5) is 45.6 Å². The molecular formula is C18H9F8N3O2. The van der Waals surface area contributed by atoms with Crippen molar-refractivity contribution < 1.29 is 44.7 Å². The van der Waals surface area contributed by atoms with Crippen LogP contribution in [0.15, 0.2) is 42.5 Å². The molecule has 0 spiro atoms. The Morgan fingerprint density at radius 3 is 2.10 bits per heavy atom. The molecule has 2 aromatic carbocycles. The maximum absolute atomic E-state index is 13.6. The number of anilines is 1. The molecule has 164 valence electrons. The first-order valence-electron chi connectivity index (χ1n) is 8.14. The van der Waals surface area contributed by atoms with Gasteiger partial charge >= 0.3 is 18.4 Å². The number of halogens is 8. The van der Waals surface area contributed by atoms with E-state index in [4.69, 9.17) is 0 Å². The standard InChI is InChI=1S/C18H9F8N3O2/c19-9-5-3-6-10(20)13(9)31-16(30)27-11-7-2-1-4-8(11)12-14(17(21,22)23)28-29-15(12)18(24,25)26/h1-7H,(H,27,30)(H,28,29). The number of hydrogen-bond acceptors (Lipinski definition) is 3. The molecular weight excluding hydrogens is 442 g/mol. The van der Waals surface area contributed by atoms with E-state index in [2.05, 4.69) is 9.84 Å². The van der Waals surface area contributed by atoms with Gasteiger partial charge in [-0.1, -0.05) is 24.3 Å². The highest BCUT2D eigenvalue weighted by molar-refractivity contribution is 5.93. The SMILES string of the molecule is O=C(Nc1ccccc1-c1c(C(F)(F)F)n[nH]c1C(F)(F)F)Oc1c(F)cccc1F. The van der Waals surface area contributed by atoms with E-state index >= 15 is 0 Å². The first-order valence-corrected chi connectivity index (χ1v) is 8.14. The maximum Gasteiger partial charge on any atom is 0.435 e. The molecule has 31 heavy (non-hydrogen) atoms. The molecule has 0 bridgehead atoms. The van der Waals surface area contributed by atoms with Gasteiger partial charge in [0.25, 0.3) is 0 Å². The Kier molecular flexibility index (Phi) is 5.61. The van der Waals surface area contributed by atoms with E-state index in [0.717, 1.165) is 36.4 Å². The Hall–Kier alpha value is -3.64. The highest BCUT2D eigenvalue weighted by Crippen LogP contribution is 2.45. The van der Waals surface area contributed by atoms with Crippen molar-refractivity contribution in [3.8, 4) is 16.9 Å². The number of carbonyl (C=O) groups excluding carboxylic acids is 1. The Morgan fingerprint density at radius 1 is 0.903 bits per heavy atom. The van der Waals surface area contributed by atoms with Crippen LogP contribution in [0.3, 0.4) is 0 Å². The molecule has 2 N–H and O–H groups in total. The van der Waals surface area contributed by atoms with Gasteiger partial charge < -0.3 is 4.74 Å². The van der Waals surface area contributed by atoms with E-state index in [1.165, 1.54) is 11.2 Å². The maximum atomic E-state index is 13.6. The smallest absolute Gasteiger partial charge is 0.404 e.